The van der Waals surface area contributed by atoms with Gasteiger partial charge in [-0.05, 0) is 37.6 Å². The Hall–Kier alpha value is -2.63. The van der Waals surface area contributed by atoms with Crippen molar-refractivity contribution < 1.29 is 14.7 Å². The van der Waals surface area contributed by atoms with Gasteiger partial charge in [0.1, 0.15) is 0 Å². The highest BCUT2D eigenvalue weighted by Crippen LogP contribution is 2.21. The molecule has 6 nitrogen and oxygen atoms in total. The van der Waals surface area contributed by atoms with E-state index in [-0.39, 0.29) is 18.5 Å². The number of carbonyl (C=O) groups is 2. The lowest BCUT2D eigenvalue weighted by Gasteiger charge is -2.14. The fourth-order valence-corrected chi connectivity index (χ4v) is 2.01. The fraction of sp³-hybridized carbons (Fsp3) is 0.267. The monoisotopic (exact) mass is 287 g/mol. The zero-order valence-electron chi connectivity index (χ0n) is 11.7. The number of fused-ring (bicyclic) bond motifs is 1. The van der Waals surface area contributed by atoms with Gasteiger partial charge in [-0.2, -0.15) is 0 Å². The molecule has 6 heteroatoms. The van der Waals surface area contributed by atoms with Crippen molar-refractivity contribution in [2.75, 3.05) is 5.32 Å². The first kappa shape index (κ1) is 14.8. The number of hydrogen-bond acceptors (Lipinski definition) is 3. The molecule has 2 rings (SSSR count). The number of carbonyl (C=O) groups excluding carboxylic acids is 1. The quantitative estimate of drug-likeness (QED) is 0.788. The summed E-state index contributed by atoms with van der Waals surface area (Å²) in [5.41, 5.74) is 1.47. The van der Waals surface area contributed by atoms with Crippen molar-refractivity contribution in [1.29, 1.82) is 0 Å². The van der Waals surface area contributed by atoms with Crippen LogP contribution in [-0.4, -0.2) is 28.1 Å². The van der Waals surface area contributed by atoms with Crippen molar-refractivity contribution >= 4 is 28.6 Å². The molecule has 0 aliphatic carbocycles. The highest BCUT2D eigenvalue weighted by molar-refractivity contribution is 6.00. The number of anilines is 1. The van der Waals surface area contributed by atoms with Crippen molar-refractivity contribution in [3.8, 4) is 0 Å². The molecule has 110 valence electrons. The molecular weight excluding hydrogens is 270 g/mol. The number of aliphatic carboxylic acids is 1. The van der Waals surface area contributed by atoms with Gasteiger partial charge < -0.3 is 15.7 Å². The molecule has 0 fully saturated rings. The SMILES string of the molecule is CC(CCC(=O)O)NC(=O)Nc1cccc2ncccc12. The standard InChI is InChI=1S/C15H17N3O3/c1-10(7-8-14(19)20)17-15(21)18-13-6-2-5-12-11(13)4-3-9-16-12/h2-6,9-10H,7-8H2,1H3,(H,19,20)(H2,17,18,21). The maximum atomic E-state index is 11.9. The molecular formula is C15H17N3O3. The number of rotatable bonds is 5. The second-order valence-corrected chi connectivity index (χ2v) is 4.81. The zero-order chi connectivity index (χ0) is 15.2. The van der Waals surface area contributed by atoms with E-state index < -0.39 is 5.97 Å². The van der Waals surface area contributed by atoms with Crippen LogP contribution < -0.4 is 10.6 Å². The van der Waals surface area contributed by atoms with Gasteiger partial charge in [0.05, 0.1) is 11.2 Å². The third kappa shape index (κ3) is 4.17. The fourth-order valence-electron chi connectivity index (χ4n) is 2.01. The molecule has 21 heavy (non-hydrogen) atoms. The van der Waals surface area contributed by atoms with E-state index in [2.05, 4.69) is 15.6 Å². The number of amides is 2. The minimum absolute atomic E-state index is 0.0274. The predicted octanol–water partition coefficient (Wildman–Crippen LogP) is 2.61. The lowest BCUT2D eigenvalue weighted by Crippen LogP contribution is -2.36. The molecule has 0 saturated heterocycles. The summed E-state index contributed by atoms with van der Waals surface area (Å²) in [6.07, 6.45) is 2.11. The van der Waals surface area contributed by atoms with E-state index in [4.69, 9.17) is 5.11 Å². The van der Waals surface area contributed by atoms with Crippen LogP contribution in [0, 0.1) is 0 Å². The van der Waals surface area contributed by atoms with E-state index >= 15 is 0 Å². The summed E-state index contributed by atoms with van der Waals surface area (Å²) in [7, 11) is 0. The average Bonchev–Trinajstić information content (AvgIpc) is 2.45. The summed E-state index contributed by atoms with van der Waals surface area (Å²) in [6.45, 7) is 1.77. The number of nitrogens with zero attached hydrogens (tertiary/aromatic N) is 1. The van der Waals surface area contributed by atoms with Gasteiger partial charge in [0, 0.05) is 24.0 Å². The molecule has 1 atom stereocenters. The third-order valence-electron chi connectivity index (χ3n) is 3.06. The molecule has 0 saturated carbocycles. The zero-order valence-corrected chi connectivity index (χ0v) is 11.7. The maximum Gasteiger partial charge on any atom is 0.319 e. The van der Waals surface area contributed by atoms with E-state index in [1.807, 2.05) is 18.2 Å². The van der Waals surface area contributed by atoms with E-state index in [9.17, 15) is 9.59 Å². The average molecular weight is 287 g/mol. The number of aromatic nitrogens is 1. The first-order chi connectivity index (χ1) is 10.1. The van der Waals surface area contributed by atoms with Crippen molar-refractivity contribution in [1.82, 2.24) is 10.3 Å². The second kappa shape index (κ2) is 6.69. The number of benzene rings is 1. The van der Waals surface area contributed by atoms with Crippen molar-refractivity contribution in [3.05, 3.63) is 36.5 Å². The Morgan fingerprint density at radius 3 is 2.86 bits per heavy atom. The van der Waals surface area contributed by atoms with Gasteiger partial charge in [0.2, 0.25) is 0 Å². The normalized spacial score (nSPS) is 11.9. The molecule has 0 bridgehead atoms. The number of nitrogens with one attached hydrogen (secondary N) is 2. The van der Waals surface area contributed by atoms with Gasteiger partial charge in [-0.15, -0.1) is 0 Å². The Balaban J connectivity index is 2.00. The maximum absolute atomic E-state index is 11.9. The van der Waals surface area contributed by atoms with Crippen molar-refractivity contribution in [3.63, 3.8) is 0 Å². The predicted molar refractivity (Wildman–Crippen MR) is 80.2 cm³/mol. The molecule has 1 unspecified atom stereocenters. The van der Waals surface area contributed by atoms with E-state index in [1.165, 1.54) is 0 Å². The van der Waals surface area contributed by atoms with Crippen LogP contribution in [0.25, 0.3) is 10.9 Å². The van der Waals surface area contributed by atoms with Crippen LogP contribution in [0.2, 0.25) is 0 Å². The summed E-state index contributed by atoms with van der Waals surface area (Å²) >= 11 is 0. The summed E-state index contributed by atoms with van der Waals surface area (Å²) in [5.74, 6) is -0.871. The molecule has 3 N–H and O–H groups in total. The molecule has 2 amide bonds. The van der Waals surface area contributed by atoms with Gasteiger partial charge in [0.15, 0.2) is 0 Å². The van der Waals surface area contributed by atoms with Gasteiger partial charge in [-0.3, -0.25) is 9.78 Å². The highest BCUT2D eigenvalue weighted by Gasteiger charge is 2.10. The smallest absolute Gasteiger partial charge is 0.319 e. The molecule has 1 aromatic carbocycles. The Bertz CT molecular complexity index is 652. The Morgan fingerprint density at radius 1 is 1.29 bits per heavy atom. The van der Waals surface area contributed by atoms with Gasteiger partial charge >= 0.3 is 12.0 Å². The molecule has 2 aromatic rings. The molecule has 0 aliphatic rings. The van der Waals surface area contributed by atoms with Crippen LogP contribution in [0.3, 0.4) is 0 Å². The van der Waals surface area contributed by atoms with Crippen LogP contribution in [0.5, 0.6) is 0 Å². The molecule has 0 aliphatic heterocycles. The van der Waals surface area contributed by atoms with Gasteiger partial charge in [-0.25, -0.2) is 4.79 Å². The third-order valence-corrected chi connectivity index (χ3v) is 3.06. The van der Waals surface area contributed by atoms with E-state index in [1.54, 1.807) is 25.3 Å². The van der Waals surface area contributed by atoms with Crippen molar-refractivity contribution in [2.24, 2.45) is 0 Å². The number of urea groups is 1. The minimum Gasteiger partial charge on any atom is -0.481 e. The minimum atomic E-state index is -0.871. The number of carboxylic acids is 1. The Morgan fingerprint density at radius 2 is 2.10 bits per heavy atom. The number of hydrogen-bond donors (Lipinski definition) is 3. The van der Waals surface area contributed by atoms with E-state index in [0.29, 0.717) is 12.1 Å². The summed E-state index contributed by atoms with van der Waals surface area (Å²) < 4.78 is 0. The highest BCUT2D eigenvalue weighted by atomic mass is 16.4. The first-order valence-corrected chi connectivity index (χ1v) is 6.69. The molecule has 1 heterocycles. The van der Waals surface area contributed by atoms with Crippen LogP contribution >= 0.6 is 0 Å². The largest absolute Gasteiger partial charge is 0.481 e. The summed E-state index contributed by atoms with van der Waals surface area (Å²) in [5, 5.41) is 15.0. The Kier molecular flexibility index (Phi) is 4.71. The van der Waals surface area contributed by atoms with Crippen molar-refractivity contribution in [2.45, 2.75) is 25.8 Å². The lowest BCUT2D eigenvalue weighted by atomic mass is 10.2. The van der Waals surface area contributed by atoms with Crippen LogP contribution in [0.4, 0.5) is 10.5 Å². The second-order valence-electron chi connectivity index (χ2n) is 4.81. The van der Waals surface area contributed by atoms with Crippen LogP contribution in [-0.2, 0) is 4.79 Å². The summed E-state index contributed by atoms with van der Waals surface area (Å²) in [6, 6.07) is 8.60. The topological polar surface area (TPSA) is 91.3 Å². The van der Waals surface area contributed by atoms with Gasteiger partial charge in [-0.1, -0.05) is 6.07 Å². The molecule has 0 spiro atoms. The van der Waals surface area contributed by atoms with Crippen LogP contribution in [0.15, 0.2) is 36.5 Å². The van der Waals surface area contributed by atoms with Crippen LogP contribution in [0.1, 0.15) is 19.8 Å². The number of pyridine rings is 1. The molecule has 0 radical (unpaired) electrons. The Labute approximate surface area is 122 Å². The van der Waals surface area contributed by atoms with E-state index in [0.717, 1.165) is 10.9 Å². The number of carboxylic acid groups (broad SMARTS) is 1. The lowest BCUT2D eigenvalue weighted by molar-refractivity contribution is -0.137. The molecule has 1 aromatic heterocycles. The van der Waals surface area contributed by atoms with Gasteiger partial charge in [0.25, 0.3) is 0 Å². The summed E-state index contributed by atoms with van der Waals surface area (Å²) in [4.78, 5) is 26.6. The first-order valence-electron chi connectivity index (χ1n) is 6.69.